The number of carbonyl (C=O) groups excluding carboxylic acids is 1. The number of aryl methyl sites for hydroxylation is 1. The molecule has 0 atom stereocenters. The molecule has 34 heavy (non-hydrogen) atoms. The molecular formula is C26H20N4O2S2. The quantitative estimate of drug-likeness (QED) is 0.253. The molecule has 168 valence electrons. The van der Waals surface area contributed by atoms with E-state index in [1.165, 1.54) is 28.7 Å². The van der Waals surface area contributed by atoms with Crippen LogP contribution in [0.25, 0.3) is 27.8 Å². The van der Waals surface area contributed by atoms with Crippen molar-refractivity contribution < 1.29 is 4.79 Å². The third-order valence-corrected chi connectivity index (χ3v) is 6.89. The Kier molecular flexibility index (Phi) is 6.24. The minimum absolute atomic E-state index is 0.0943. The Balaban J connectivity index is 1.36. The number of hydrogen-bond acceptors (Lipinski definition) is 6. The number of anilines is 1. The first-order valence-electron chi connectivity index (χ1n) is 10.6. The zero-order valence-corrected chi connectivity index (χ0v) is 19.9. The Bertz CT molecular complexity index is 1530. The van der Waals surface area contributed by atoms with Gasteiger partial charge in [-0.2, -0.15) is 0 Å². The Morgan fingerprint density at radius 1 is 0.971 bits per heavy atom. The molecule has 0 spiro atoms. The molecular weight excluding hydrogens is 464 g/mol. The third kappa shape index (κ3) is 4.64. The van der Waals surface area contributed by atoms with E-state index in [1.54, 1.807) is 16.7 Å². The van der Waals surface area contributed by atoms with Crippen molar-refractivity contribution in [2.24, 2.45) is 0 Å². The van der Waals surface area contributed by atoms with Gasteiger partial charge in [-0.05, 0) is 31.2 Å². The van der Waals surface area contributed by atoms with E-state index < -0.39 is 0 Å². The highest BCUT2D eigenvalue weighted by Gasteiger charge is 2.15. The lowest BCUT2D eigenvalue weighted by Gasteiger charge is -2.13. The standard InChI is InChI=1S/C26H20N4O2S2/c1-17-11-13-18(14-12-17)22-15-33-25(27-22)29-23(31)16-34-26-28-21-10-6-5-9-20(21)24(32)30(26)19-7-3-2-4-8-19/h2-15H,16H2,1H3,(H,27,29,31). The molecule has 3 aromatic carbocycles. The first-order valence-corrected chi connectivity index (χ1v) is 12.5. The number of para-hydroxylation sites is 2. The van der Waals surface area contributed by atoms with Crippen LogP contribution in [0.15, 0.2) is 94.2 Å². The van der Waals surface area contributed by atoms with Gasteiger partial charge in [0.25, 0.3) is 5.56 Å². The van der Waals surface area contributed by atoms with E-state index in [4.69, 9.17) is 0 Å². The SMILES string of the molecule is Cc1ccc(-c2csc(NC(=O)CSc3nc4ccccc4c(=O)n3-c3ccccc3)n2)cc1. The summed E-state index contributed by atoms with van der Waals surface area (Å²) in [7, 11) is 0. The van der Waals surface area contributed by atoms with Crippen molar-refractivity contribution in [1.82, 2.24) is 14.5 Å². The lowest BCUT2D eigenvalue weighted by molar-refractivity contribution is -0.113. The molecule has 0 radical (unpaired) electrons. The Morgan fingerprint density at radius 2 is 1.71 bits per heavy atom. The van der Waals surface area contributed by atoms with E-state index in [-0.39, 0.29) is 17.2 Å². The molecule has 1 amide bonds. The van der Waals surface area contributed by atoms with E-state index in [1.807, 2.05) is 79.0 Å². The fraction of sp³-hybridized carbons (Fsp3) is 0.0769. The van der Waals surface area contributed by atoms with Gasteiger partial charge < -0.3 is 5.32 Å². The van der Waals surface area contributed by atoms with Crippen LogP contribution in [-0.4, -0.2) is 26.2 Å². The molecule has 5 rings (SSSR count). The maximum atomic E-state index is 13.2. The lowest BCUT2D eigenvalue weighted by Crippen LogP contribution is -2.22. The van der Waals surface area contributed by atoms with Gasteiger partial charge in [0.1, 0.15) is 0 Å². The molecule has 6 nitrogen and oxygen atoms in total. The molecule has 0 aliphatic carbocycles. The number of aromatic nitrogens is 3. The highest BCUT2D eigenvalue weighted by molar-refractivity contribution is 7.99. The summed E-state index contributed by atoms with van der Waals surface area (Å²) in [6, 6.07) is 24.7. The first-order chi connectivity index (χ1) is 16.6. The smallest absolute Gasteiger partial charge is 0.266 e. The van der Waals surface area contributed by atoms with Crippen LogP contribution in [0.4, 0.5) is 5.13 Å². The predicted molar refractivity (Wildman–Crippen MR) is 139 cm³/mol. The van der Waals surface area contributed by atoms with Crippen molar-refractivity contribution in [2.45, 2.75) is 12.1 Å². The van der Waals surface area contributed by atoms with E-state index in [9.17, 15) is 9.59 Å². The van der Waals surface area contributed by atoms with Crippen molar-refractivity contribution in [1.29, 1.82) is 0 Å². The molecule has 0 saturated carbocycles. The summed E-state index contributed by atoms with van der Waals surface area (Å²) in [6.45, 7) is 2.04. The second kappa shape index (κ2) is 9.62. The topological polar surface area (TPSA) is 76.9 Å². The van der Waals surface area contributed by atoms with Gasteiger partial charge in [-0.15, -0.1) is 11.3 Å². The van der Waals surface area contributed by atoms with Gasteiger partial charge in [0.15, 0.2) is 10.3 Å². The maximum Gasteiger partial charge on any atom is 0.266 e. The Morgan fingerprint density at radius 3 is 2.50 bits per heavy atom. The Labute approximate surface area is 204 Å². The second-order valence-electron chi connectivity index (χ2n) is 7.63. The number of nitrogens with zero attached hydrogens (tertiary/aromatic N) is 3. The molecule has 0 fully saturated rings. The Hall–Kier alpha value is -3.75. The highest BCUT2D eigenvalue weighted by Crippen LogP contribution is 2.26. The lowest BCUT2D eigenvalue weighted by atomic mass is 10.1. The van der Waals surface area contributed by atoms with Gasteiger partial charge in [0, 0.05) is 10.9 Å². The van der Waals surface area contributed by atoms with Gasteiger partial charge in [-0.3, -0.25) is 14.2 Å². The van der Waals surface area contributed by atoms with Gasteiger partial charge in [0.2, 0.25) is 5.91 Å². The van der Waals surface area contributed by atoms with Crippen molar-refractivity contribution >= 4 is 45.0 Å². The number of hydrogen-bond donors (Lipinski definition) is 1. The summed E-state index contributed by atoms with van der Waals surface area (Å²) in [6.07, 6.45) is 0. The van der Waals surface area contributed by atoms with E-state index in [0.29, 0.717) is 26.9 Å². The fourth-order valence-corrected chi connectivity index (χ4v) is 5.04. The minimum atomic E-state index is -0.211. The van der Waals surface area contributed by atoms with E-state index >= 15 is 0 Å². The van der Waals surface area contributed by atoms with Crippen molar-refractivity contribution in [3.8, 4) is 16.9 Å². The molecule has 2 heterocycles. The van der Waals surface area contributed by atoms with Crippen LogP contribution in [-0.2, 0) is 4.79 Å². The van der Waals surface area contributed by atoms with Crippen molar-refractivity contribution in [3.05, 3.63) is 100 Å². The summed E-state index contributed by atoms with van der Waals surface area (Å²) in [5.74, 6) is -0.117. The van der Waals surface area contributed by atoms with E-state index in [0.717, 1.165) is 11.3 Å². The van der Waals surface area contributed by atoms with Crippen LogP contribution in [0, 0.1) is 6.92 Å². The molecule has 0 aliphatic rings. The molecule has 0 bridgehead atoms. The van der Waals surface area contributed by atoms with E-state index in [2.05, 4.69) is 15.3 Å². The predicted octanol–water partition coefficient (Wildman–Crippen LogP) is 5.55. The first kappa shape index (κ1) is 22.1. The molecule has 2 aromatic heterocycles. The van der Waals surface area contributed by atoms with Crippen molar-refractivity contribution in [2.75, 3.05) is 11.1 Å². The number of rotatable bonds is 6. The number of fused-ring (bicyclic) bond motifs is 1. The average molecular weight is 485 g/mol. The molecule has 0 unspecified atom stereocenters. The summed E-state index contributed by atoms with van der Waals surface area (Å²) in [4.78, 5) is 35.1. The molecule has 0 saturated heterocycles. The second-order valence-corrected chi connectivity index (χ2v) is 9.43. The number of thiazole rings is 1. The monoisotopic (exact) mass is 484 g/mol. The van der Waals surface area contributed by atoms with Gasteiger partial charge in [-0.25, -0.2) is 9.97 Å². The van der Waals surface area contributed by atoms with Gasteiger partial charge in [-0.1, -0.05) is 71.9 Å². The maximum absolute atomic E-state index is 13.2. The van der Waals surface area contributed by atoms with Crippen LogP contribution >= 0.6 is 23.1 Å². The number of carbonyl (C=O) groups is 1. The van der Waals surface area contributed by atoms with Crippen LogP contribution in [0.5, 0.6) is 0 Å². The minimum Gasteiger partial charge on any atom is -0.301 e. The normalized spacial score (nSPS) is 11.0. The van der Waals surface area contributed by atoms with Crippen LogP contribution < -0.4 is 10.9 Å². The number of nitrogens with one attached hydrogen (secondary N) is 1. The third-order valence-electron chi connectivity index (χ3n) is 5.19. The molecule has 0 aliphatic heterocycles. The number of amides is 1. The summed E-state index contributed by atoms with van der Waals surface area (Å²) in [5.41, 5.74) is 4.15. The largest absolute Gasteiger partial charge is 0.301 e. The van der Waals surface area contributed by atoms with Crippen molar-refractivity contribution in [3.63, 3.8) is 0 Å². The van der Waals surface area contributed by atoms with Crippen LogP contribution in [0.1, 0.15) is 5.56 Å². The summed E-state index contributed by atoms with van der Waals surface area (Å²) >= 11 is 2.60. The zero-order chi connectivity index (χ0) is 23.5. The van der Waals surface area contributed by atoms with Gasteiger partial charge >= 0.3 is 0 Å². The van der Waals surface area contributed by atoms with Crippen LogP contribution in [0.2, 0.25) is 0 Å². The summed E-state index contributed by atoms with van der Waals surface area (Å²) < 4.78 is 1.55. The summed E-state index contributed by atoms with van der Waals surface area (Å²) in [5, 5.41) is 6.31. The fourth-order valence-electron chi connectivity index (χ4n) is 3.49. The molecule has 5 aromatic rings. The van der Waals surface area contributed by atoms with Gasteiger partial charge in [0.05, 0.1) is 28.0 Å². The van der Waals surface area contributed by atoms with Crippen LogP contribution in [0.3, 0.4) is 0 Å². The highest BCUT2D eigenvalue weighted by atomic mass is 32.2. The molecule has 1 N–H and O–H groups in total. The molecule has 8 heteroatoms. The number of thioether (sulfide) groups is 1. The number of benzene rings is 3. The zero-order valence-electron chi connectivity index (χ0n) is 18.3. The average Bonchev–Trinajstić information content (AvgIpc) is 3.32.